The molecule has 2 amide bonds. The average molecular weight is 475 g/mol. The highest BCUT2D eigenvalue weighted by molar-refractivity contribution is 8.03. The van der Waals surface area contributed by atoms with E-state index in [1.165, 1.54) is 28.4 Å². The van der Waals surface area contributed by atoms with Gasteiger partial charge in [0.05, 0.1) is 23.8 Å². The van der Waals surface area contributed by atoms with Crippen molar-refractivity contribution in [2.75, 3.05) is 24.6 Å². The molecule has 0 aromatic heterocycles. The molecule has 3 aliphatic heterocycles. The van der Waals surface area contributed by atoms with Gasteiger partial charge in [0.2, 0.25) is 11.8 Å². The maximum atomic E-state index is 12.4. The van der Waals surface area contributed by atoms with Gasteiger partial charge in [0.1, 0.15) is 11.9 Å². The maximum Gasteiger partial charge on any atom is 0.353 e. The third kappa shape index (κ3) is 5.04. The van der Waals surface area contributed by atoms with Crippen LogP contribution in [0.15, 0.2) is 10.6 Å². The molecule has 0 aromatic rings. The highest BCUT2D eigenvalue weighted by Gasteiger charge is 2.60. The molecule has 7 N–H and O–H groups in total. The Kier molecular flexibility index (Phi) is 7.92. The van der Waals surface area contributed by atoms with E-state index in [0.717, 1.165) is 6.42 Å². The Bertz CT molecular complexity index is 764. The lowest BCUT2D eigenvalue weighted by molar-refractivity contribution is -0.163. The number of nitrogens with two attached hydrogens (primary N) is 1. The minimum absolute atomic E-state index is 0.0338. The first kappa shape index (κ1) is 24.3. The van der Waals surface area contributed by atoms with E-state index < -0.39 is 24.2 Å². The Morgan fingerprint density at radius 1 is 1.39 bits per heavy atom. The molecule has 0 aromatic carbocycles. The van der Waals surface area contributed by atoms with Gasteiger partial charge in [-0.25, -0.2) is 4.79 Å². The van der Waals surface area contributed by atoms with Crippen LogP contribution in [-0.2, 0) is 14.4 Å². The van der Waals surface area contributed by atoms with Crippen molar-refractivity contribution in [1.82, 2.24) is 15.5 Å². The number of aliphatic hydroxyl groups excluding tert-OH is 2. The van der Waals surface area contributed by atoms with Crippen LogP contribution in [-0.4, -0.2) is 92.3 Å². The highest BCUT2D eigenvalue weighted by atomic mass is 32.2. The van der Waals surface area contributed by atoms with Gasteiger partial charge in [-0.2, -0.15) is 11.8 Å². The number of amides is 2. The maximum absolute atomic E-state index is 12.4. The minimum Gasteiger partial charge on any atom is -0.477 e. The average Bonchev–Trinajstić information content (AvgIpc) is 3.23. The summed E-state index contributed by atoms with van der Waals surface area (Å²) in [6.07, 6.45) is -1.03. The van der Waals surface area contributed by atoms with Crippen molar-refractivity contribution in [2.24, 2.45) is 17.6 Å². The van der Waals surface area contributed by atoms with Crippen LogP contribution in [0.1, 0.15) is 20.3 Å². The number of hydrogen-bond acceptors (Lipinski definition) is 9. The summed E-state index contributed by atoms with van der Waals surface area (Å²) >= 11 is 2.96. The standard InChI is InChI=1S/C19H30N4O6S2/c1-8-15-14(9(2)24)18(27)23(15)16(19(28)29)17(8)31-11-3-10(21-5-11)6-30-7-13(26)22-12(25)4-20/h8-12,14-15,21,24-25H,3-7,20H2,1-2H3,(H,22,26)(H,28,29)/t8-,9-,10+,11+,12?,14-,15-/m1/s1. The molecule has 174 valence electrons. The van der Waals surface area contributed by atoms with Gasteiger partial charge in [0.15, 0.2) is 0 Å². The Morgan fingerprint density at radius 3 is 2.71 bits per heavy atom. The van der Waals surface area contributed by atoms with Crippen LogP contribution in [0.3, 0.4) is 0 Å². The second-order valence-corrected chi connectivity index (χ2v) is 10.6. The van der Waals surface area contributed by atoms with Crippen molar-refractivity contribution in [3.05, 3.63) is 10.6 Å². The summed E-state index contributed by atoms with van der Waals surface area (Å²) in [7, 11) is 0. The molecule has 3 heterocycles. The van der Waals surface area contributed by atoms with E-state index in [1.54, 1.807) is 6.92 Å². The molecule has 3 aliphatic rings. The zero-order valence-electron chi connectivity index (χ0n) is 17.5. The summed E-state index contributed by atoms with van der Waals surface area (Å²) in [6.45, 7) is 4.16. The molecule has 2 saturated heterocycles. The number of nitrogens with one attached hydrogen (secondary N) is 2. The second kappa shape index (κ2) is 10.1. The fourth-order valence-electron chi connectivity index (χ4n) is 4.44. The van der Waals surface area contributed by atoms with E-state index in [2.05, 4.69) is 10.6 Å². The monoisotopic (exact) mass is 474 g/mol. The van der Waals surface area contributed by atoms with Crippen LogP contribution in [0.25, 0.3) is 0 Å². The number of fused-ring (bicyclic) bond motifs is 1. The molecule has 0 spiro atoms. The molecular weight excluding hydrogens is 444 g/mol. The second-order valence-electron chi connectivity index (χ2n) is 8.19. The lowest BCUT2D eigenvalue weighted by Crippen LogP contribution is -2.63. The number of nitrogens with zero attached hydrogens (tertiary/aromatic N) is 1. The molecule has 1 unspecified atom stereocenters. The fraction of sp³-hybridized carbons (Fsp3) is 0.737. The number of aliphatic carboxylic acids is 1. The van der Waals surface area contributed by atoms with Crippen LogP contribution in [0, 0.1) is 11.8 Å². The van der Waals surface area contributed by atoms with Gasteiger partial charge >= 0.3 is 5.97 Å². The number of carbonyl (C=O) groups excluding carboxylic acids is 2. The molecule has 2 fully saturated rings. The van der Waals surface area contributed by atoms with E-state index in [9.17, 15) is 29.7 Å². The van der Waals surface area contributed by atoms with Gasteiger partial charge in [0.25, 0.3) is 0 Å². The van der Waals surface area contributed by atoms with E-state index in [-0.39, 0.29) is 53.1 Å². The summed E-state index contributed by atoms with van der Waals surface area (Å²) in [5, 5.41) is 35.0. The van der Waals surface area contributed by atoms with E-state index in [0.29, 0.717) is 17.2 Å². The van der Waals surface area contributed by atoms with Crippen LogP contribution in [0.2, 0.25) is 0 Å². The van der Waals surface area contributed by atoms with E-state index in [1.807, 2.05) is 6.92 Å². The first-order valence-corrected chi connectivity index (χ1v) is 12.3. The van der Waals surface area contributed by atoms with Crippen molar-refractivity contribution in [2.45, 2.75) is 49.9 Å². The largest absolute Gasteiger partial charge is 0.477 e. The summed E-state index contributed by atoms with van der Waals surface area (Å²) in [5.41, 5.74) is 5.31. The van der Waals surface area contributed by atoms with Crippen LogP contribution < -0.4 is 16.4 Å². The molecule has 0 bridgehead atoms. The molecular formula is C19H30N4O6S2. The summed E-state index contributed by atoms with van der Waals surface area (Å²) in [5.74, 6) is -1.48. The van der Waals surface area contributed by atoms with Crippen molar-refractivity contribution in [3.8, 4) is 0 Å². The highest BCUT2D eigenvalue weighted by Crippen LogP contribution is 2.51. The minimum atomic E-state index is -1.11. The van der Waals surface area contributed by atoms with E-state index in [4.69, 9.17) is 5.73 Å². The Balaban J connectivity index is 1.54. The zero-order chi connectivity index (χ0) is 22.9. The first-order chi connectivity index (χ1) is 14.6. The molecule has 7 atom stereocenters. The Morgan fingerprint density at radius 2 is 2.10 bits per heavy atom. The smallest absolute Gasteiger partial charge is 0.353 e. The van der Waals surface area contributed by atoms with Crippen LogP contribution >= 0.6 is 23.5 Å². The number of carbonyl (C=O) groups is 3. The SMILES string of the molecule is C[C@@H](O)[C@H]1C(=O)N2C(C(=O)O)=C(S[C@@H]3CN[C@H](CSCC(=O)NC(O)CN)C3)[C@H](C)[C@H]12. The topological polar surface area (TPSA) is 165 Å². The number of β-lactam (4-membered cyclic amide) rings is 1. The Labute approximate surface area is 189 Å². The van der Waals surface area contributed by atoms with Gasteiger partial charge in [-0.1, -0.05) is 6.92 Å². The number of carboxylic acids is 1. The van der Waals surface area contributed by atoms with Gasteiger partial charge in [-0.15, -0.1) is 11.8 Å². The van der Waals surface area contributed by atoms with Crippen molar-refractivity contribution >= 4 is 41.3 Å². The van der Waals surface area contributed by atoms with Gasteiger partial charge in [-0.05, 0) is 13.3 Å². The molecule has 0 saturated carbocycles. The van der Waals surface area contributed by atoms with Crippen molar-refractivity contribution in [3.63, 3.8) is 0 Å². The van der Waals surface area contributed by atoms with E-state index >= 15 is 0 Å². The summed E-state index contributed by atoms with van der Waals surface area (Å²) < 4.78 is 0. The number of hydrogen-bond donors (Lipinski definition) is 6. The Hall–Kier alpha value is -1.31. The number of aliphatic hydroxyl groups is 2. The summed E-state index contributed by atoms with van der Waals surface area (Å²) in [6, 6.07) is -0.117. The molecule has 0 aliphatic carbocycles. The third-order valence-corrected chi connectivity index (χ3v) is 8.51. The van der Waals surface area contributed by atoms with Gasteiger partial charge in [0, 0.05) is 41.0 Å². The molecule has 12 heteroatoms. The summed E-state index contributed by atoms with van der Waals surface area (Å²) in [4.78, 5) is 38.1. The predicted molar refractivity (Wildman–Crippen MR) is 118 cm³/mol. The first-order valence-electron chi connectivity index (χ1n) is 10.3. The van der Waals surface area contributed by atoms with Crippen molar-refractivity contribution < 1.29 is 29.7 Å². The van der Waals surface area contributed by atoms with Crippen molar-refractivity contribution in [1.29, 1.82) is 0 Å². The lowest BCUT2D eigenvalue weighted by atomic mass is 9.79. The number of carboxylic acid groups (broad SMARTS) is 1. The fourth-order valence-corrected chi connectivity index (χ4v) is 6.88. The third-order valence-electron chi connectivity index (χ3n) is 5.89. The quantitative estimate of drug-likeness (QED) is 0.166. The lowest BCUT2D eigenvalue weighted by Gasteiger charge is -2.46. The van der Waals surface area contributed by atoms with Crippen LogP contribution in [0.4, 0.5) is 0 Å². The van der Waals surface area contributed by atoms with Gasteiger partial charge in [-0.3, -0.25) is 9.59 Å². The molecule has 10 nitrogen and oxygen atoms in total. The number of rotatable bonds is 10. The zero-order valence-corrected chi connectivity index (χ0v) is 19.1. The van der Waals surface area contributed by atoms with Crippen LogP contribution in [0.5, 0.6) is 0 Å². The molecule has 3 rings (SSSR count). The molecule has 31 heavy (non-hydrogen) atoms. The van der Waals surface area contributed by atoms with Gasteiger partial charge < -0.3 is 36.6 Å². The molecule has 0 radical (unpaired) electrons. The normalized spacial score (nSPS) is 32.0. The number of thioether (sulfide) groups is 2. The predicted octanol–water partition coefficient (Wildman–Crippen LogP) is -1.27.